The smallest absolute Gasteiger partial charge is 0.119 e. The zero-order chi connectivity index (χ0) is 24.3. The maximum absolute atomic E-state index is 5.97. The van der Waals surface area contributed by atoms with Crippen LogP contribution in [-0.4, -0.2) is 6.61 Å². The van der Waals surface area contributed by atoms with Crippen LogP contribution in [0.25, 0.3) is 10.8 Å². The van der Waals surface area contributed by atoms with E-state index >= 15 is 0 Å². The van der Waals surface area contributed by atoms with E-state index in [2.05, 4.69) is 86.4 Å². The third-order valence-electron chi connectivity index (χ3n) is 7.61. The minimum absolute atomic E-state index is 0.737. The Balaban J connectivity index is 1.32. The summed E-state index contributed by atoms with van der Waals surface area (Å²) >= 11 is 0. The van der Waals surface area contributed by atoms with Crippen LogP contribution in [0.5, 0.6) is 5.75 Å². The maximum Gasteiger partial charge on any atom is 0.119 e. The summed E-state index contributed by atoms with van der Waals surface area (Å²) in [5, 5.41) is 2.41. The van der Waals surface area contributed by atoms with Crippen molar-refractivity contribution in [2.75, 3.05) is 6.61 Å². The molecule has 0 heterocycles. The fourth-order valence-corrected chi connectivity index (χ4v) is 5.46. The average molecular weight is 467 g/mol. The van der Waals surface area contributed by atoms with E-state index in [1.807, 2.05) is 0 Å². The third kappa shape index (κ3) is 7.63. The first-order valence-corrected chi connectivity index (χ1v) is 14.0. The molecule has 0 bridgehead atoms. The van der Waals surface area contributed by atoms with Gasteiger partial charge in [-0.05, 0) is 96.7 Å². The van der Waals surface area contributed by atoms with E-state index in [4.69, 9.17) is 4.74 Å². The van der Waals surface area contributed by atoms with Crippen LogP contribution < -0.4 is 4.74 Å². The van der Waals surface area contributed by atoms with Gasteiger partial charge in [0.2, 0.25) is 0 Å². The average Bonchev–Trinajstić information content (AvgIpc) is 2.90. The summed E-state index contributed by atoms with van der Waals surface area (Å²) in [6, 6.07) is 21.9. The van der Waals surface area contributed by atoms with Crippen LogP contribution in [0.3, 0.4) is 0 Å². The summed E-state index contributed by atoms with van der Waals surface area (Å²) in [6.45, 7) is 5.36. The molecule has 3 aromatic rings. The van der Waals surface area contributed by atoms with Crippen molar-refractivity contribution in [3.8, 4) is 17.6 Å². The van der Waals surface area contributed by atoms with Crippen LogP contribution in [0.4, 0.5) is 0 Å². The molecule has 1 saturated carbocycles. The summed E-state index contributed by atoms with van der Waals surface area (Å²) < 4.78 is 5.97. The Bertz CT molecular complexity index is 1110. The van der Waals surface area contributed by atoms with E-state index in [-0.39, 0.29) is 0 Å². The number of rotatable bonds is 10. The SMILES string of the molecule is CCCCCCCOc1ccc2cc(C#Cc3ccc(C4CCC(CCC)CC4)cc3)ccc2c1. The van der Waals surface area contributed by atoms with Crippen molar-refractivity contribution < 1.29 is 4.74 Å². The van der Waals surface area contributed by atoms with E-state index in [1.54, 1.807) is 0 Å². The molecule has 1 fully saturated rings. The van der Waals surface area contributed by atoms with Crippen LogP contribution in [0.1, 0.15) is 107 Å². The highest BCUT2D eigenvalue weighted by molar-refractivity contribution is 5.85. The van der Waals surface area contributed by atoms with Gasteiger partial charge < -0.3 is 4.74 Å². The first kappa shape index (κ1) is 25.4. The number of ether oxygens (including phenoxy) is 1. The summed E-state index contributed by atoms with van der Waals surface area (Å²) in [5.41, 5.74) is 3.65. The molecule has 4 rings (SSSR count). The zero-order valence-electron chi connectivity index (χ0n) is 21.8. The molecule has 0 aliphatic heterocycles. The monoisotopic (exact) mass is 466 g/mol. The highest BCUT2D eigenvalue weighted by Gasteiger charge is 2.21. The van der Waals surface area contributed by atoms with Crippen molar-refractivity contribution >= 4 is 10.8 Å². The Labute approximate surface area is 213 Å². The van der Waals surface area contributed by atoms with Crippen LogP contribution in [0, 0.1) is 17.8 Å². The first-order chi connectivity index (χ1) is 17.2. The largest absolute Gasteiger partial charge is 0.494 e. The van der Waals surface area contributed by atoms with Crippen molar-refractivity contribution in [1.29, 1.82) is 0 Å². The molecule has 1 aliphatic rings. The van der Waals surface area contributed by atoms with Gasteiger partial charge in [-0.2, -0.15) is 0 Å². The van der Waals surface area contributed by atoms with Gasteiger partial charge in [-0.1, -0.05) is 88.5 Å². The van der Waals surface area contributed by atoms with Gasteiger partial charge in [0, 0.05) is 11.1 Å². The maximum atomic E-state index is 5.97. The fourth-order valence-electron chi connectivity index (χ4n) is 5.46. The van der Waals surface area contributed by atoms with Gasteiger partial charge >= 0.3 is 0 Å². The Morgan fingerprint density at radius 1 is 0.686 bits per heavy atom. The van der Waals surface area contributed by atoms with Gasteiger partial charge in [-0.25, -0.2) is 0 Å². The zero-order valence-corrected chi connectivity index (χ0v) is 21.8. The van der Waals surface area contributed by atoms with Crippen molar-refractivity contribution in [2.45, 2.75) is 90.4 Å². The molecule has 0 radical (unpaired) electrons. The summed E-state index contributed by atoms with van der Waals surface area (Å²) in [5.74, 6) is 9.39. The fraction of sp³-hybridized carbons (Fsp3) is 0.471. The summed E-state index contributed by atoms with van der Waals surface area (Å²) in [7, 11) is 0. The quantitative estimate of drug-likeness (QED) is 0.213. The molecule has 35 heavy (non-hydrogen) atoms. The standard InChI is InChI=1S/C34H42O/c1-3-5-6-7-8-24-35-34-23-22-32-25-29(16-21-33(32)26-34)11-10-28-14-19-31(20-15-28)30-17-12-27(9-4-2)13-18-30/h14-16,19-23,25-27,30H,3-9,12-13,17-18,24H2,1-2H3. The lowest BCUT2D eigenvalue weighted by atomic mass is 9.77. The summed E-state index contributed by atoms with van der Waals surface area (Å²) in [6.07, 6.45) is 14.5. The molecule has 0 amide bonds. The van der Waals surface area contributed by atoms with Gasteiger partial charge in [-0.3, -0.25) is 0 Å². The normalized spacial score (nSPS) is 17.7. The molecule has 0 saturated heterocycles. The van der Waals surface area contributed by atoms with E-state index in [0.29, 0.717) is 0 Å². The van der Waals surface area contributed by atoms with Crippen molar-refractivity contribution in [1.82, 2.24) is 0 Å². The molecule has 0 N–H and O–H groups in total. The predicted molar refractivity (Wildman–Crippen MR) is 150 cm³/mol. The molecule has 0 atom stereocenters. The highest BCUT2D eigenvalue weighted by Crippen LogP contribution is 2.37. The third-order valence-corrected chi connectivity index (χ3v) is 7.61. The van der Waals surface area contributed by atoms with Crippen molar-refractivity contribution in [3.63, 3.8) is 0 Å². The second kappa shape index (κ2) is 13.4. The van der Waals surface area contributed by atoms with Gasteiger partial charge in [-0.15, -0.1) is 0 Å². The first-order valence-electron chi connectivity index (χ1n) is 14.0. The molecule has 184 valence electrons. The number of fused-ring (bicyclic) bond motifs is 1. The Morgan fingerprint density at radius 3 is 2.14 bits per heavy atom. The lowest BCUT2D eigenvalue weighted by Gasteiger charge is -2.28. The van der Waals surface area contributed by atoms with Crippen molar-refractivity contribution in [3.05, 3.63) is 77.4 Å². The van der Waals surface area contributed by atoms with Gasteiger partial charge in [0.15, 0.2) is 0 Å². The lowest BCUT2D eigenvalue weighted by Crippen LogP contribution is -2.13. The Morgan fingerprint density at radius 2 is 1.37 bits per heavy atom. The number of hydrogen-bond acceptors (Lipinski definition) is 1. The minimum atomic E-state index is 0.737. The second-order valence-electron chi connectivity index (χ2n) is 10.4. The minimum Gasteiger partial charge on any atom is -0.494 e. The number of benzene rings is 3. The van der Waals surface area contributed by atoms with Crippen molar-refractivity contribution in [2.24, 2.45) is 5.92 Å². The Kier molecular flexibility index (Phi) is 9.71. The van der Waals surface area contributed by atoms with E-state index < -0.39 is 0 Å². The number of hydrogen-bond donors (Lipinski definition) is 0. The van der Waals surface area contributed by atoms with Gasteiger partial charge in [0.05, 0.1) is 6.61 Å². The molecular formula is C34H42O. The molecule has 1 aliphatic carbocycles. The topological polar surface area (TPSA) is 9.23 Å². The van der Waals surface area contributed by atoms with Gasteiger partial charge in [0.1, 0.15) is 5.75 Å². The Hall–Kier alpha value is -2.72. The predicted octanol–water partition coefficient (Wildman–Crippen LogP) is 9.66. The van der Waals surface area contributed by atoms with E-state index in [9.17, 15) is 0 Å². The van der Waals surface area contributed by atoms with E-state index in [1.165, 1.54) is 80.5 Å². The summed E-state index contributed by atoms with van der Waals surface area (Å²) in [4.78, 5) is 0. The molecule has 0 unspecified atom stereocenters. The van der Waals surface area contributed by atoms with Crippen LogP contribution in [0.2, 0.25) is 0 Å². The number of unbranched alkanes of at least 4 members (excludes halogenated alkanes) is 4. The van der Waals surface area contributed by atoms with Crippen LogP contribution in [-0.2, 0) is 0 Å². The van der Waals surface area contributed by atoms with Gasteiger partial charge in [0.25, 0.3) is 0 Å². The molecular weight excluding hydrogens is 424 g/mol. The molecule has 1 heteroatoms. The highest BCUT2D eigenvalue weighted by atomic mass is 16.5. The van der Waals surface area contributed by atoms with E-state index in [0.717, 1.165) is 41.7 Å². The molecule has 1 nitrogen and oxygen atoms in total. The van der Waals surface area contributed by atoms with Crippen LogP contribution >= 0.6 is 0 Å². The molecule has 3 aromatic carbocycles. The second-order valence-corrected chi connectivity index (χ2v) is 10.4. The lowest BCUT2D eigenvalue weighted by molar-refractivity contribution is 0.305. The molecule has 0 aromatic heterocycles. The molecule has 0 spiro atoms. The van der Waals surface area contributed by atoms with Crippen LogP contribution in [0.15, 0.2) is 60.7 Å².